The molecule has 0 spiro atoms. The number of alkyl halides is 4. The maximum Gasteiger partial charge on any atom is 0.428 e. The number of rotatable bonds is 5. The molecule has 0 aromatic heterocycles. The highest BCUT2D eigenvalue weighted by atomic mass is 35.5. The number of carbonyl (C=O) groups excluding carboxylic acids is 1. The van der Waals surface area contributed by atoms with Crippen molar-refractivity contribution in [2.24, 2.45) is 0 Å². The fraction of sp³-hybridized carbons (Fsp3) is 0.318. The number of thioether (sulfide) groups is 1. The first-order chi connectivity index (χ1) is 15.5. The van der Waals surface area contributed by atoms with Crippen LogP contribution in [0.2, 0.25) is 5.02 Å². The quantitative estimate of drug-likeness (QED) is 0.570. The number of halogens is 6. The van der Waals surface area contributed by atoms with Crippen LogP contribution in [-0.4, -0.2) is 42.1 Å². The van der Waals surface area contributed by atoms with Crippen LogP contribution >= 0.6 is 23.4 Å². The van der Waals surface area contributed by atoms with Crippen molar-refractivity contribution >= 4 is 35.0 Å². The predicted molar refractivity (Wildman–Crippen MR) is 116 cm³/mol. The third-order valence-corrected chi connectivity index (χ3v) is 6.48. The molecular weight excluding hydrogens is 487 g/mol. The molecular formula is C22H18ClF5N2O2S. The summed E-state index contributed by atoms with van der Waals surface area (Å²) in [5.41, 5.74) is -2.04. The molecule has 1 amide bonds. The summed E-state index contributed by atoms with van der Waals surface area (Å²) < 4.78 is 70.7. The molecule has 0 bridgehead atoms. The third kappa shape index (κ3) is 4.20. The maximum absolute atomic E-state index is 15.1. The molecule has 4 nitrogen and oxygen atoms in total. The molecule has 1 saturated heterocycles. The van der Waals surface area contributed by atoms with Crippen molar-refractivity contribution in [3.05, 3.63) is 76.1 Å². The molecule has 176 valence electrons. The van der Waals surface area contributed by atoms with Gasteiger partial charge in [-0.15, -0.1) is 0 Å². The van der Waals surface area contributed by atoms with E-state index in [0.29, 0.717) is 11.1 Å². The van der Waals surface area contributed by atoms with Gasteiger partial charge in [0.15, 0.2) is 5.67 Å². The number of hydrogen-bond donors (Lipinski definition) is 1. The number of likely N-dealkylation sites (tertiary alicyclic amines) is 1. The van der Waals surface area contributed by atoms with Crippen LogP contribution in [0.1, 0.15) is 16.7 Å². The highest BCUT2D eigenvalue weighted by molar-refractivity contribution is 7.99. The van der Waals surface area contributed by atoms with Gasteiger partial charge in [0.2, 0.25) is 11.5 Å². The summed E-state index contributed by atoms with van der Waals surface area (Å²) in [7, 11) is 0. The van der Waals surface area contributed by atoms with Crippen molar-refractivity contribution in [3.8, 4) is 0 Å². The Hall–Kier alpha value is -2.30. The van der Waals surface area contributed by atoms with Crippen LogP contribution in [0.15, 0.2) is 48.5 Å². The number of benzene rings is 2. The van der Waals surface area contributed by atoms with Gasteiger partial charge in [0.05, 0.1) is 29.6 Å². The van der Waals surface area contributed by atoms with Gasteiger partial charge in [-0.05, 0) is 35.6 Å². The summed E-state index contributed by atoms with van der Waals surface area (Å²) in [5, 5.41) is -0.468. The second-order valence-electron chi connectivity index (χ2n) is 7.85. The normalized spacial score (nSPS) is 21.9. The highest BCUT2D eigenvalue weighted by Crippen LogP contribution is 2.48. The summed E-state index contributed by atoms with van der Waals surface area (Å²) in [4.78, 5) is 18.3. The first-order valence-corrected chi connectivity index (χ1v) is 11.5. The number of nitrogens with one attached hydrogen (secondary N) is 1. The first-order valence-electron chi connectivity index (χ1n) is 9.75. The van der Waals surface area contributed by atoms with E-state index in [0.717, 1.165) is 24.3 Å². The largest absolute Gasteiger partial charge is 0.428 e. The molecule has 2 heterocycles. The molecule has 1 atom stereocenters. The topological polar surface area (TPSA) is 41.6 Å². The van der Waals surface area contributed by atoms with Crippen molar-refractivity contribution < 1.29 is 31.6 Å². The number of nitrogens with zero attached hydrogens (tertiary/aromatic N) is 1. The van der Waals surface area contributed by atoms with Crippen LogP contribution < -0.4 is 5.48 Å². The monoisotopic (exact) mass is 504 g/mol. The Morgan fingerprint density at radius 3 is 2.39 bits per heavy atom. The second-order valence-corrected chi connectivity index (χ2v) is 9.12. The van der Waals surface area contributed by atoms with Crippen LogP contribution in [0.5, 0.6) is 0 Å². The lowest BCUT2D eigenvalue weighted by Gasteiger charge is -2.44. The van der Waals surface area contributed by atoms with Crippen LogP contribution in [0.3, 0.4) is 0 Å². The van der Waals surface area contributed by atoms with E-state index in [2.05, 4.69) is 5.48 Å². The zero-order valence-corrected chi connectivity index (χ0v) is 18.8. The molecule has 1 fully saturated rings. The third-order valence-electron chi connectivity index (χ3n) is 5.66. The van der Waals surface area contributed by atoms with Crippen molar-refractivity contribution in [1.82, 2.24) is 10.4 Å². The van der Waals surface area contributed by atoms with E-state index in [1.165, 1.54) is 40.9 Å². The van der Waals surface area contributed by atoms with Crippen LogP contribution in [0.4, 0.5) is 22.0 Å². The lowest BCUT2D eigenvalue weighted by atomic mass is 9.87. The first kappa shape index (κ1) is 23.8. The molecule has 1 unspecified atom stereocenters. The van der Waals surface area contributed by atoms with E-state index in [4.69, 9.17) is 16.4 Å². The maximum atomic E-state index is 15.1. The number of carbonyl (C=O) groups is 1. The Balaban J connectivity index is 1.58. The standard InChI is InChI=1S/C22H18ClF5N2O2S/c1-33-10-19(31)30-11-20(25,12-30)14-4-2-13(3-5-14)18-9-21(32-29-18,22(26,27)28)15-6-7-17(24)16(23)8-15/h2-9,29H,10-12H2,1H3. The molecule has 4 rings (SSSR count). The van der Waals surface area contributed by atoms with Crippen LogP contribution in [-0.2, 0) is 20.9 Å². The minimum atomic E-state index is -4.88. The Labute approximate surface area is 195 Å². The Morgan fingerprint density at radius 2 is 1.82 bits per heavy atom. The smallest absolute Gasteiger partial charge is 0.335 e. The number of hydrogen-bond acceptors (Lipinski definition) is 4. The van der Waals surface area contributed by atoms with Gasteiger partial charge >= 0.3 is 6.18 Å². The Bertz CT molecular complexity index is 1100. The van der Waals surface area contributed by atoms with E-state index < -0.39 is 33.8 Å². The van der Waals surface area contributed by atoms with Crippen molar-refractivity contribution in [1.29, 1.82) is 0 Å². The Morgan fingerprint density at radius 1 is 1.18 bits per heavy atom. The summed E-state index contributed by atoms with van der Waals surface area (Å²) in [5.74, 6) is -0.725. The van der Waals surface area contributed by atoms with Crippen molar-refractivity contribution in [2.45, 2.75) is 17.4 Å². The molecule has 2 aliphatic heterocycles. The summed E-state index contributed by atoms with van der Waals surface area (Å²) >= 11 is 7.04. The van der Waals surface area contributed by atoms with Gasteiger partial charge in [0, 0.05) is 5.56 Å². The van der Waals surface area contributed by atoms with E-state index in [1.807, 2.05) is 0 Å². The molecule has 0 radical (unpaired) electrons. The van der Waals surface area contributed by atoms with Gasteiger partial charge < -0.3 is 4.90 Å². The average Bonchev–Trinajstić information content (AvgIpc) is 3.20. The van der Waals surface area contributed by atoms with Crippen molar-refractivity contribution in [2.75, 3.05) is 25.1 Å². The summed E-state index contributed by atoms with van der Waals surface area (Å²) in [6.45, 7) is -0.142. The van der Waals surface area contributed by atoms with Gasteiger partial charge in [-0.3, -0.25) is 15.1 Å². The van der Waals surface area contributed by atoms with Gasteiger partial charge in [-0.25, -0.2) is 8.78 Å². The zero-order chi connectivity index (χ0) is 24.0. The fourth-order valence-electron chi connectivity index (χ4n) is 3.79. The van der Waals surface area contributed by atoms with E-state index in [9.17, 15) is 22.4 Å². The molecule has 2 aromatic carbocycles. The molecule has 1 N–H and O–H groups in total. The molecule has 2 aromatic rings. The van der Waals surface area contributed by atoms with Gasteiger partial charge in [-0.1, -0.05) is 41.9 Å². The van der Waals surface area contributed by atoms with E-state index in [-0.39, 0.29) is 30.4 Å². The van der Waals surface area contributed by atoms with E-state index >= 15 is 4.39 Å². The minimum Gasteiger partial charge on any atom is -0.335 e. The Kier molecular flexibility index (Phi) is 6.13. The van der Waals surface area contributed by atoms with Gasteiger partial charge in [-0.2, -0.15) is 24.9 Å². The molecule has 0 aliphatic carbocycles. The average molecular weight is 505 g/mol. The van der Waals surface area contributed by atoms with Crippen molar-refractivity contribution in [3.63, 3.8) is 0 Å². The number of amides is 1. The van der Waals surface area contributed by atoms with E-state index in [1.54, 1.807) is 6.26 Å². The second kappa shape index (κ2) is 8.48. The predicted octanol–water partition coefficient (Wildman–Crippen LogP) is 5.18. The van der Waals surface area contributed by atoms with Crippen LogP contribution in [0.25, 0.3) is 5.70 Å². The SMILES string of the molecule is CSCC(=O)N1CC(F)(c2ccc(C3=CC(c4ccc(F)c(Cl)c4)(C(F)(F)F)ON3)cc2)C1. The van der Waals surface area contributed by atoms with Crippen LogP contribution in [0, 0.1) is 5.82 Å². The summed E-state index contributed by atoms with van der Waals surface area (Å²) in [6.07, 6.45) is -2.26. The zero-order valence-electron chi connectivity index (χ0n) is 17.2. The fourth-order valence-corrected chi connectivity index (χ4v) is 4.40. The molecule has 2 aliphatic rings. The lowest BCUT2D eigenvalue weighted by Crippen LogP contribution is -2.59. The molecule has 0 saturated carbocycles. The number of hydroxylamine groups is 1. The van der Waals surface area contributed by atoms with Gasteiger partial charge in [0.1, 0.15) is 5.82 Å². The summed E-state index contributed by atoms with van der Waals surface area (Å²) in [6, 6.07) is 8.52. The van der Waals surface area contributed by atoms with Gasteiger partial charge in [0.25, 0.3) is 0 Å². The molecule has 11 heteroatoms. The molecule has 33 heavy (non-hydrogen) atoms. The highest BCUT2D eigenvalue weighted by Gasteiger charge is 2.59. The minimum absolute atomic E-state index is 0.0117. The lowest BCUT2D eigenvalue weighted by molar-refractivity contribution is -0.269.